The van der Waals surface area contributed by atoms with Gasteiger partial charge in [-0.15, -0.1) is 0 Å². The van der Waals surface area contributed by atoms with Gasteiger partial charge in [0.15, 0.2) is 6.20 Å². The van der Waals surface area contributed by atoms with Crippen molar-refractivity contribution in [2.75, 3.05) is 6.61 Å². The minimum absolute atomic E-state index is 0.258. The third-order valence-corrected chi connectivity index (χ3v) is 4.37. The van der Waals surface area contributed by atoms with Crippen LogP contribution in [0.2, 0.25) is 0 Å². The zero-order valence-electron chi connectivity index (χ0n) is 11.0. The normalized spacial score (nSPS) is 11.2. The van der Waals surface area contributed by atoms with Gasteiger partial charge in [-0.3, -0.25) is 0 Å². The number of nitrogens with zero attached hydrogens (tertiary/aromatic N) is 1. The van der Waals surface area contributed by atoms with Gasteiger partial charge < -0.3 is 9.94 Å². The van der Waals surface area contributed by atoms with Gasteiger partial charge in [0.2, 0.25) is 9.84 Å². The predicted molar refractivity (Wildman–Crippen MR) is 73.9 cm³/mol. The Balaban J connectivity index is 2.37. The minimum Gasteiger partial charge on any atom is -0.618 e. The molecule has 0 unspecified atom stereocenters. The van der Waals surface area contributed by atoms with E-state index in [1.807, 2.05) is 6.92 Å². The number of benzene rings is 1. The highest BCUT2D eigenvalue weighted by molar-refractivity contribution is 7.90. The van der Waals surface area contributed by atoms with E-state index in [0.29, 0.717) is 22.7 Å². The lowest BCUT2D eigenvalue weighted by atomic mass is 10.2. The van der Waals surface area contributed by atoms with Crippen LogP contribution in [0.15, 0.2) is 53.7 Å². The second-order valence-electron chi connectivity index (χ2n) is 4.16. The molecule has 0 N–H and O–H groups in total. The largest absolute Gasteiger partial charge is 0.618 e. The molecule has 0 saturated heterocycles. The molecule has 1 aromatic heterocycles. The van der Waals surface area contributed by atoms with Gasteiger partial charge in [-0.25, -0.2) is 8.42 Å². The van der Waals surface area contributed by atoms with Crippen molar-refractivity contribution < 1.29 is 17.9 Å². The molecule has 0 aliphatic rings. The van der Waals surface area contributed by atoms with Crippen LogP contribution < -0.4 is 9.47 Å². The number of aromatic nitrogens is 1. The number of para-hydroxylation sites is 1. The first-order valence-electron chi connectivity index (χ1n) is 6.16. The maximum absolute atomic E-state index is 12.3. The van der Waals surface area contributed by atoms with Gasteiger partial charge in [0, 0.05) is 17.7 Å². The van der Waals surface area contributed by atoms with Crippen LogP contribution >= 0.6 is 0 Å². The Labute approximate surface area is 118 Å². The van der Waals surface area contributed by atoms with E-state index >= 15 is 0 Å². The number of pyridine rings is 1. The van der Waals surface area contributed by atoms with Crippen LogP contribution in [0.4, 0.5) is 0 Å². The molecule has 0 aliphatic heterocycles. The fraction of sp³-hybridized carbons (Fsp3) is 0.214. The fourth-order valence-corrected chi connectivity index (χ4v) is 3.27. The molecule has 0 amide bonds. The Hall–Kier alpha value is -2.08. The SMILES string of the molecule is CCOc1ccccc1CS(=O)(=O)c1cccc[n+]1[O-]. The van der Waals surface area contributed by atoms with Crippen LogP contribution in [-0.2, 0) is 15.6 Å². The average Bonchev–Trinajstić information content (AvgIpc) is 2.41. The van der Waals surface area contributed by atoms with Crippen molar-refractivity contribution in [1.29, 1.82) is 0 Å². The average molecular weight is 293 g/mol. The lowest BCUT2D eigenvalue weighted by molar-refractivity contribution is -0.646. The maximum atomic E-state index is 12.3. The van der Waals surface area contributed by atoms with Crippen molar-refractivity contribution >= 4 is 9.84 Å². The van der Waals surface area contributed by atoms with Gasteiger partial charge in [0.05, 0.1) is 12.4 Å². The molecule has 2 aromatic rings. The van der Waals surface area contributed by atoms with E-state index in [-0.39, 0.29) is 10.8 Å². The van der Waals surface area contributed by atoms with Gasteiger partial charge in [-0.1, -0.05) is 18.2 Å². The molecule has 20 heavy (non-hydrogen) atoms. The molecular weight excluding hydrogens is 278 g/mol. The standard InChI is InChI=1S/C14H15NO4S/c1-2-19-13-8-4-3-7-12(13)11-20(17,18)14-9-5-6-10-15(14)16/h3-10H,2,11H2,1H3. The zero-order valence-corrected chi connectivity index (χ0v) is 11.8. The molecular formula is C14H15NO4S. The van der Waals surface area contributed by atoms with Gasteiger partial charge in [-0.2, -0.15) is 4.73 Å². The molecule has 0 radical (unpaired) electrons. The van der Waals surface area contributed by atoms with Gasteiger partial charge in [0.1, 0.15) is 5.75 Å². The predicted octanol–water partition coefficient (Wildman–Crippen LogP) is 1.69. The Morgan fingerprint density at radius 3 is 2.55 bits per heavy atom. The van der Waals surface area contributed by atoms with Crippen molar-refractivity contribution in [2.24, 2.45) is 0 Å². The van der Waals surface area contributed by atoms with Crippen molar-refractivity contribution in [2.45, 2.75) is 17.7 Å². The van der Waals surface area contributed by atoms with Crippen LogP contribution in [-0.4, -0.2) is 15.0 Å². The Bertz CT molecular complexity index is 698. The summed E-state index contributed by atoms with van der Waals surface area (Å²) < 4.78 is 30.4. The minimum atomic E-state index is -3.71. The first-order chi connectivity index (χ1) is 9.54. The summed E-state index contributed by atoms with van der Waals surface area (Å²) in [6, 6.07) is 11.2. The van der Waals surface area contributed by atoms with Crippen LogP contribution in [0.25, 0.3) is 0 Å². The van der Waals surface area contributed by atoms with E-state index in [2.05, 4.69) is 0 Å². The fourth-order valence-electron chi connectivity index (χ4n) is 1.85. The monoisotopic (exact) mass is 293 g/mol. The molecule has 2 rings (SSSR count). The molecule has 0 atom stereocenters. The molecule has 5 nitrogen and oxygen atoms in total. The summed E-state index contributed by atoms with van der Waals surface area (Å²) in [7, 11) is -3.71. The molecule has 6 heteroatoms. The third kappa shape index (κ3) is 3.08. The van der Waals surface area contributed by atoms with E-state index in [9.17, 15) is 13.6 Å². The molecule has 0 spiro atoms. The summed E-state index contributed by atoms with van der Waals surface area (Å²) in [6.45, 7) is 2.28. The molecule has 1 aromatic carbocycles. The second-order valence-corrected chi connectivity index (χ2v) is 6.10. The first kappa shape index (κ1) is 14.3. The highest BCUT2D eigenvalue weighted by Gasteiger charge is 2.25. The topological polar surface area (TPSA) is 70.3 Å². The summed E-state index contributed by atoms with van der Waals surface area (Å²) in [5.41, 5.74) is 0.540. The molecule has 106 valence electrons. The summed E-state index contributed by atoms with van der Waals surface area (Å²) in [6.07, 6.45) is 1.17. The lowest BCUT2D eigenvalue weighted by Gasteiger charge is -2.10. The van der Waals surface area contributed by atoms with E-state index in [0.717, 1.165) is 0 Å². The third-order valence-electron chi connectivity index (χ3n) is 2.73. The number of hydrogen-bond donors (Lipinski definition) is 0. The van der Waals surface area contributed by atoms with E-state index < -0.39 is 9.84 Å². The van der Waals surface area contributed by atoms with Crippen LogP contribution in [0.1, 0.15) is 12.5 Å². The van der Waals surface area contributed by atoms with Crippen LogP contribution in [0.3, 0.4) is 0 Å². The summed E-state index contributed by atoms with van der Waals surface area (Å²) in [5, 5.41) is 11.3. The molecule has 0 aliphatic carbocycles. The van der Waals surface area contributed by atoms with Gasteiger partial charge in [0.25, 0.3) is 0 Å². The van der Waals surface area contributed by atoms with Gasteiger partial charge in [-0.05, 0) is 19.1 Å². The van der Waals surface area contributed by atoms with E-state index in [1.165, 1.54) is 24.4 Å². The summed E-state index contributed by atoms with van der Waals surface area (Å²) in [4.78, 5) is 0. The summed E-state index contributed by atoms with van der Waals surface area (Å²) >= 11 is 0. The highest BCUT2D eigenvalue weighted by Crippen LogP contribution is 2.22. The van der Waals surface area contributed by atoms with Crippen LogP contribution in [0.5, 0.6) is 5.75 Å². The lowest BCUT2D eigenvalue weighted by Crippen LogP contribution is -2.33. The number of sulfone groups is 1. The maximum Gasteiger partial charge on any atom is 0.308 e. The Kier molecular flexibility index (Phi) is 4.24. The van der Waals surface area contributed by atoms with E-state index in [1.54, 1.807) is 24.3 Å². The Morgan fingerprint density at radius 2 is 1.85 bits per heavy atom. The number of hydrogen-bond acceptors (Lipinski definition) is 4. The van der Waals surface area contributed by atoms with E-state index in [4.69, 9.17) is 4.74 Å². The number of rotatable bonds is 5. The quantitative estimate of drug-likeness (QED) is 0.621. The smallest absolute Gasteiger partial charge is 0.308 e. The highest BCUT2D eigenvalue weighted by atomic mass is 32.2. The first-order valence-corrected chi connectivity index (χ1v) is 7.81. The molecule has 0 saturated carbocycles. The Morgan fingerprint density at radius 1 is 1.15 bits per heavy atom. The molecule has 0 fully saturated rings. The van der Waals surface area contributed by atoms with Crippen molar-refractivity contribution in [3.63, 3.8) is 0 Å². The summed E-state index contributed by atoms with van der Waals surface area (Å²) in [5.74, 6) is 0.252. The van der Waals surface area contributed by atoms with Crippen LogP contribution in [0, 0.1) is 5.21 Å². The van der Waals surface area contributed by atoms with Crippen molar-refractivity contribution in [3.8, 4) is 5.75 Å². The van der Waals surface area contributed by atoms with Crippen molar-refractivity contribution in [3.05, 3.63) is 59.4 Å². The molecule has 0 bridgehead atoms. The zero-order chi connectivity index (χ0) is 14.6. The second kappa shape index (κ2) is 5.92. The van der Waals surface area contributed by atoms with Crippen molar-refractivity contribution in [1.82, 2.24) is 0 Å². The van der Waals surface area contributed by atoms with Gasteiger partial charge >= 0.3 is 5.03 Å². The number of ether oxygens (including phenoxy) is 1. The molecule has 1 heterocycles.